The first-order valence-electron chi connectivity index (χ1n) is 9.79. The molecule has 1 saturated carbocycles. The molecule has 1 aromatic carbocycles. The van der Waals surface area contributed by atoms with Gasteiger partial charge in [0, 0.05) is 26.1 Å². The van der Waals surface area contributed by atoms with Crippen molar-refractivity contribution in [3.63, 3.8) is 0 Å². The number of ether oxygens (including phenoxy) is 1. The number of urea groups is 1. The first-order chi connectivity index (χ1) is 13.8. The van der Waals surface area contributed by atoms with Crippen LogP contribution in [0.4, 0.5) is 18.0 Å². The Morgan fingerprint density at radius 2 is 1.93 bits per heavy atom. The van der Waals surface area contributed by atoms with Crippen molar-refractivity contribution in [3.8, 4) is 0 Å². The number of carbonyl (C=O) groups is 2. The molecule has 0 aromatic heterocycles. The molecule has 1 aromatic rings. The molecule has 0 spiro atoms. The van der Waals surface area contributed by atoms with Crippen LogP contribution in [0, 0.1) is 0 Å². The van der Waals surface area contributed by atoms with Crippen LogP contribution < -0.4 is 16.0 Å². The molecular weight excluding hydrogens is 387 g/mol. The fourth-order valence-electron chi connectivity index (χ4n) is 3.37. The molecule has 0 aliphatic heterocycles. The predicted octanol–water partition coefficient (Wildman–Crippen LogP) is 3.53. The van der Waals surface area contributed by atoms with Crippen molar-refractivity contribution in [2.75, 3.05) is 20.3 Å². The van der Waals surface area contributed by atoms with Gasteiger partial charge in [0.1, 0.15) is 0 Å². The summed E-state index contributed by atoms with van der Waals surface area (Å²) in [5.74, 6) is -0.122. The first kappa shape index (κ1) is 23.0. The Balaban J connectivity index is 1.82. The van der Waals surface area contributed by atoms with E-state index in [2.05, 4.69) is 16.0 Å². The van der Waals surface area contributed by atoms with E-state index >= 15 is 0 Å². The van der Waals surface area contributed by atoms with Crippen LogP contribution in [0.5, 0.6) is 0 Å². The lowest BCUT2D eigenvalue weighted by atomic mass is 9.95. The van der Waals surface area contributed by atoms with Crippen LogP contribution in [0.2, 0.25) is 0 Å². The van der Waals surface area contributed by atoms with Crippen LogP contribution in [0.1, 0.15) is 55.7 Å². The summed E-state index contributed by atoms with van der Waals surface area (Å²) in [7, 11) is 1.40. The highest BCUT2D eigenvalue weighted by molar-refractivity contribution is 5.78. The topological polar surface area (TPSA) is 79.5 Å². The average Bonchev–Trinajstić information content (AvgIpc) is 2.68. The van der Waals surface area contributed by atoms with Crippen molar-refractivity contribution in [2.45, 2.75) is 56.8 Å². The van der Waals surface area contributed by atoms with Gasteiger partial charge in [0.2, 0.25) is 5.91 Å². The third-order valence-corrected chi connectivity index (χ3v) is 4.86. The Kier molecular flexibility index (Phi) is 8.75. The number of nitrogens with one attached hydrogen (secondary N) is 3. The molecule has 2 rings (SSSR count). The van der Waals surface area contributed by atoms with Crippen LogP contribution >= 0.6 is 0 Å². The van der Waals surface area contributed by atoms with Crippen LogP contribution in [0.15, 0.2) is 24.3 Å². The highest BCUT2D eigenvalue weighted by Crippen LogP contribution is 2.30. The van der Waals surface area contributed by atoms with Gasteiger partial charge >= 0.3 is 12.2 Å². The van der Waals surface area contributed by atoms with Crippen LogP contribution in [-0.4, -0.2) is 38.2 Å². The van der Waals surface area contributed by atoms with E-state index in [1.807, 2.05) is 0 Å². The molecule has 3 amide bonds. The number of hydrogen-bond donors (Lipinski definition) is 3. The second-order valence-corrected chi connectivity index (χ2v) is 7.18. The number of methoxy groups -OCH3 is 1. The maximum atomic E-state index is 12.9. The molecule has 9 heteroatoms. The number of amides is 3. The Hall–Kier alpha value is -2.29. The summed E-state index contributed by atoms with van der Waals surface area (Å²) in [4.78, 5) is 24.1. The van der Waals surface area contributed by atoms with Gasteiger partial charge in [0.05, 0.1) is 18.2 Å². The fraction of sp³-hybridized carbons (Fsp3) is 0.600. The molecular formula is C20H28F3N3O3. The lowest BCUT2D eigenvalue weighted by molar-refractivity contribution is -0.137. The van der Waals surface area contributed by atoms with Gasteiger partial charge in [-0.2, -0.15) is 13.2 Å². The summed E-state index contributed by atoms with van der Waals surface area (Å²) in [6, 6.07) is 3.62. The van der Waals surface area contributed by atoms with E-state index in [4.69, 9.17) is 4.74 Å². The summed E-state index contributed by atoms with van der Waals surface area (Å²) in [5.41, 5.74) is -0.510. The van der Waals surface area contributed by atoms with Gasteiger partial charge in [-0.3, -0.25) is 4.79 Å². The SMILES string of the molecule is COCC(NC(=O)NCCC(=O)NC1CCCCC1)c1cccc(C(F)(F)F)c1. The quantitative estimate of drug-likeness (QED) is 0.608. The Labute approximate surface area is 168 Å². The molecule has 1 aliphatic rings. The van der Waals surface area contributed by atoms with Crippen molar-refractivity contribution < 1.29 is 27.5 Å². The van der Waals surface area contributed by atoms with E-state index in [1.165, 1.54) is 25.7 Å². The zero-order chi connectivity index (χ0) is 21.3. The predicted molar refractivity (Wildman–Crippen MR) is 102 cm³/mol. The Morgan fingerprint density at radius 1 is 1.21 bits per heavy atom. The van der Waals surface area contributed by atoms with E-state index in [-0.39, 0.29) is 37.1 Å². The van der Waals surface area contributed by atoms with E-state index in [0.29, 0.717) is 0 Å². The molecule has 3 N–H and O–H groups in total. The lowest BCUT2D eigenvalue weighted by Gasteiger charge is -2.23. The van der Waals surface area contributed by atoms with Gasteiger partial charge in [-0.15, -0.1) is 0 Å². The average molecular weight is 415 g/mol. The molecule has 1 fully saturated rings. The van der Waals surface area contributed by atoms with Crippen LogP contribution in [-0.2, 0) is 15.7 Å². The smallest absolute Gasteiger partial charge is 0.382 e. The van der Waals surface area contributed by atoms with E-state index in [9.17, 15) is 22.8 Å². The number of rotatable bonds is 8. The second kappa shape index (κ2) is 11.0. The van der Waals surface area contributed by atoms with E-state index in [1.54, 1.807) is 0 Å². The summed E-state index contributed by atoms with van der Waals surface area (Å²) >= 11 is 0. The fourth-order valence-corrected chi connectivity index (χ4v) is 3.37. The maximum absolute atomic E-state index is 12.9. The highest BCUT2D eigenvalue weighted by Gasteiger charge is 2.31. The zero-order valence-electron chi connectivity index (χ0n) is 16.5. The zero-order valence-corrected chi connectivity index (χ0v) is 16.5. The normalized spacial score (nSPS) is 16.1. The lowest BCUT2D eigenvalue weighted by Crippen LogP contribution is -2.42. The monoisotopic (exact) mass is 415 g/mol. The molecule has 0 radical (unpaired) electrons. The summed E-state index contributed by atoms with van der Waals surface area (Å²) < 4.78 is 43.8. The number of alkyl halides is 3. The minimum absolute atomic E-state index is 0.0108. The van der Waals surface area contributed by atoms with Crippen molar-refractivity contribution in [1.29, 1.82) is 0 Å². The third kappa shape index (κ3) is 7.92. The Bertz CT molecular complexity index is 676. The summed E-state index contributed by atoms with van der Waals surface area (Å²) in [5, 5.41) is 8.12. The molecule has 1 aliphatic carbocycles. The first-order valence-corrected chi connectivity index (χ1v) is 9.79. The van der Waals surface area contributed by atoms with Gasteiger partial charge in [-0.05, 0) is 30.5 Å². The molecule has 29 heavy (non-hydrogen) atoms. The molecule has 1 unspecified atom stereocenters. The van der Waals surface area contributed by atoms with Gasteiger partial charge < -0.3 is 20.7 Å². The van der Waals surface area contributed by atoms with Crippen molar-refractivity contribution in [2.24, 2.45) is 0 Å². The van der Waals surface area contributed by atoms with Gasteiger partial charge in [0.25, 0.3) is 0 Å². The standard InChI is InChI=1S/C20H28F3N3O3/c1-29-13-17(14-6-5-7-15(12-14)20(21,22)23)26-19(28)24-11-10-18(27)25-16-8-3-2-4-9-16/h5-7,12,16-17H,2-4,8-11,13H2,1H3,(H,25,27)(H2,24,26,28). The minimum Gasteiger partial charge on any atom is -0.382 e. The van der Waals surface area contributed by atoms with Crippen LogP contribution in [0.3, 0.4) is 0 Å². The Morgan fingerprint density at radius 3 is 2.59 bits per heavy atom. The maximum Gasteiger partial charge on any atom is 0.416 e. The van der Waals surface area contributed by atoms with Gasteiger partial charge in [-0.25, -0.2) is 4.79 Å². The molecule has 1 atom stereocenters. The number of hydrogen-bond acceptors (Lipinski definition) is 3. The minimum atomic E-state index is -4.47. The summed E-state index contributed by atoms with van der Waals surface area (Å²) in [6.07, 6.45) is 1.06. The molecule has 6 nitrogen and oxygen atoms in total. The second-order valence-electron chi connectivity index (χ2n) is 7.18. The van der Waals surface area contributed by atoms with Gasteiger partial charge in [0.15, 0.2) is 0 Å². The van der Waals surface area contributed by atoms with Gasteiger partial charge in [-0.1, -0.05) is 31.4 Å². The molecule has 162 valence electrons. The summed E-state index contributed by atoms with van der Waals surface area (Å²) in [6.45, 7) is 0.142. The highest BCUT2D eigenvalue weighted by atomic mass is 19.4. The number of halogens is 3. The van der Waals surface area contributed by atoms with E-state index < -0.39 is 23.8 Å². The largest absolute Gasteiger partial charge is 0.416 e. The number of benzene rings is 1. The molecule has 0 heterocycles. The molecule has 0 saturated heterocycles. The van der Waals surface area contributed by atoms with E-state index in [0.717, 1.165) is 37.8 Å². The van der Waals surface area contributed by atoms with Crippen molar-refractivity contribution in [3.05, 3.63) is 35.4 Å². The molecule has 0 bridgehead atoms. The van der Waals surface area contributed by atoms with Crippen LogP contribution in [0.25, 0.3) is 0 Å². The van der Waals surface area contributed by atoms with Crippen molar-refractivity contribution in [1.82, 2.24) is 16.0 Å². The number of carbonyl (C=O) groups excluding carboxylic acids is 2. The van der Waals surface area contributed by atoms with Crippen molar-refractivity contribution >= 4 is 11.9 Å². The third-order valence-electron chi connectivity index (χ3n) is 4.86.